The molecule has 0 saturated carbocycles. The quantitative estimate of drug-likeness (QED) is 0.783. The Balaban J connectivity index is 1.74. The van der Waals surface area contributed by atoms with Crippen LogP contribution in [0.4, 0.5) is 10.2 Å². The largest absolute Gasteiger partial charge is 0.368 e. The van der Waals surface area contributed by atoms with Crippen molar-refractivity contribution < 1.29 is 4.39 Å². The molecule has 2 aromatic rings. The zero-order chi connectivity index (χ0) is 11.2. The number of aromatic nitrogens is 3. The topological polar surface area (TPSA) is 42.7 Å². The number of nitrogens with one attached hydrogen (secondary N) is 1. The lowest BCUT2D eigenvalue weighted by Crippen LogP contribution is -2.09. The number of hydrogen-bond donors (Lipinski definition) is 1. The van der Waals surface area contributed by atoms with Crippen LogP contribution in [0.1, 0.15) is 6.42 Å². The van der Waals surface area contributed by atoms with Gasteiger partial charge in [0.2, 0.25) is 0 Å². The maximum absolute atomic E-state index is 13.1. The maximum atomic E-state index is 13.1. The average Bonchev–Trinajstić information content (AvgIpc) is 2.79. The number of pyridine rings is 1. The van der Waals surface area contributed by atoms with Crippen molar-refractivity contribution in [2.75, 3.05) is 11.9 Å². The van der Waals surface area contributed by atoms with Crippen LogP contribution in [0.25, 0.3) is 0 Å². The summed E-state index contributed by atoms with van der Waals surface area (Å²) in [7, 11) is 0. The maximum Gasteiger partial charge on any atom is 0.165 e. The molecule has 2 aromatic heterocycles. The van der Waals surface area contributed by atoms with Crippen LogP contribution in [-0.4, -0.2) is 21.3 Å². The molecule has 0 fully saturated rings. The van der Waals surface area contributed by atoms with Gasteiger partial charge in [-0.15, -0.1) is 0 Å². The van der Waals surface area contributed by atoms with Crippen LogP contribution in [0, 0.1) is 5.82 Å². The fourth-order valence-electron chi connectivity index (χ4n) is 1.40. The summed E-state index contributed by atoms with van der Waals surface area (Å²) in [5.74, 6) is -0.00967. The van der Waals surface area contributed by atoms with E-state index in [1.54, 1.807) is 18.5 Å². The molecule has 0 aliphatic carbocycles. The van der Waals surface area contributed by atoms with Crippen LogP contribution >= 0.6 is 0 Å². The van der Waals surface area contributed by atoms with Crippen LogP contribution in [-0.2, 0) is 6.54 Å². The van der Waals surface area contributed by atoms with Gasteiger partial charge in [0.1, 0.15) is 0 Å². The third-order valence-electron chi connectivity index (χ3n) is 2.17. The summed E-state index contributed by atoms with van der Waals surface area (Å²) >= 11 is 0. The van der Waals surface area contributed by atoms with Crippen molar-refractivity contribution in [1.82, 2.24) is 14.8 Å². The molecule has 0 aliphatic rings. The molecule has 84 valence electrons. The third-order valence-corrected chi connectivity index (χ3v) is 2.17. The molecule has 4 nitrogen and oxygen atoms in total. The number of aryl methyl sites for hydroxylation is 1. The molecule has 0 radical (unpaired) electrons. The highest BCUT2D eigenvalue weighted by Gasteiger charge is 2.00. The fraction of sp³-hybridized carbons (Fsp3) is 0.273. The van der Waals surface area contributed by atoms with Gasteiger partial charge in [0.15, 0.2) is 11.6 Å². The Bertz CT molecular complexity index is 427. The van der Waals surface area contributed by atoms with E-state index in [9.17, 15) is 4.39 Å². The fourth-order valence-corrected chi connectivity index (χ4v) is 1.40. The number of halogens is 1. The first-order valence-corrected chi connectivity index (χ1v) is 5.18. The number of nitrogens with zero attached hydrogens (tertiary/aromatic N) is 3. The van der Waals surface area contributed by atoms with Gasteiger partial charge in [-0.25, -0.2) is 9.37 Å². The van der Waals surface area contributed by atoms with Crippen LogP contribution in [0.3, 0.4) is 0 Å². The Morgan fingerprint density at radius 2 is 2.25 bits per heavy atom. The minimum Gasteiger partial charge on any atom is -0.368 e. The Labute approximate surface area is 93.1 Å². The molecule has 0 aromatic carbocycles. The van der Waals surface area contributed by atoms with E-state index < -0.39 is 0 Å². The van der Waals surface area contributed by atoms with E-state index >= 15 is 0 Å². The van der Waals surface area contributed by atoms with Crippen molar-refractivity contribution in [2.45, 2.75) is 13.0 Å². The summed E-state index contributed by atoms with van der Waals surface area (Å²) in [6.07, 6.45) is 6.09. The van der Waals surface area contributed by atoms with Gasteiger partial charge in [-0.05, 0) is 24.6 Å². The first-order valence-electron chi connectivity index (χ1n) is 5.18. The van der Waals surface area contributed by atoms with E-state index in [1.165, 1.54) is 6.07 Å². The van der Waals surface area contributed by atoms with E-state index in [0.717, 1.165) is 13.0 Å². The average molecular weight is 220 g/mol. The van der Waals surface area contributed by atoms with Gasteiger partial charge in [0.05, 0.1) is 0 Å². The first-order chi connectivity index (χ1) is 7.86. The predicted octanol–water partition coefficient (Wildman–Crippen LogP) is 1.92. The second-order valence-electron chi connectivity index (χ2n) is 3.38. The van der Waals surface area contributed by atoms with Crippen LogP contribution in [0.15, 0.2) is 36.8 Å². The SMILES string of the molecule is Fc1cccnc1NCCCn1cccn1. The van der Waals surface area contributed by atoms with Crippen LogP contribution < -0.4 is 5.32 Å². The van der Waals surface area contributed by atoms with E-state index in [1.807, 2.05) is 16.9 Å². The number of rotatable bonds is 5. The summed E-state index contributed by atoms with van der Waals surface area (Å²) in [5.41, 5.74) is 0. The van der Waals surface area contributed by atoms with Gasteiger partial charge in [-0.3, -0.25) is 4.68 Å². The lowest BCUT2D eigenvalue weighted by molar-refractivity contribution is 0.587. The van der Waals surface area contributed by atoms with E-state index in [4.69, 9.17) is 0 Å². The van der Waals surface area contributed by atoms with Gasteiger partial charge in [0.25, 0.3) is 0 Å². The van der Waals surface area contributed by atoms with Crippen LogP contribution in [0.2, 0.25) is 0 Å². The molecule has 2 heterocycles. The normalized spacial score (nSPS) is 10.3. The summed E-state index contributed by atoms with van der Waals surface area (Å²) in [6, 6.07) is 4.85. The summed E-state index contributed by atoms with van der Waals surface area (Å²) < 4.78 is 15.0. The van der Waals surface area contributed by atoms with Crippen LogP contribution in [0.5, 0.6) is 0 Å². The molecule has 0 amide bonds. The molecule has 5 heteroatoms. The molecular formula is C11H13FN4. The molecule has 1 N–H and O–H groups in total. The molecular weight excluding hydrogens is 207 g/mol. The highest BCUT2D eigenvalue weighted by Crippen LogP contribution is 2.07. The van der Waals surface area contributed by atoms with Gasteiger partial charge >= 0.3 is 0 Å². The molecule has 16 heavy (non-hydrogen) atoms. The standard InChI is InChI=1S/C11H13FN4/c12-10-4-1-5-13-11(10)14-6-2-8-16-9-3-7-15-16/h1,3-5,7,9H,2,6,8H2,(H,13,14). The highest BCUT2D eigenvalue weighted by atomic mass is 19.1. The lowest BCUT2D eigenvalue weighted by Gasteiger charge is -2.06. The zero-order valence-electron chi connectivity index (χ0n) is 8.81. The van der Waals surface area contributed by atoms with Crippen molar-refractivity contribution in [1.29, 1.82) is 0 Å². The Morgan fingerprint density at radius 1 is 1.31 bits per heavy atom. The number of hydrogen-bond acceptors (Lipinski definition) is 3. The molecule has 0 saturated heterocycles. The van der Waals surface area contributed by atoms with E-state index in [-0.39, 0.29) is 5.82 Å². The van der Waals surface area contributed by atoms with Crippen molar-refractivity contribution >= 4 is 5.82 Å². The minimum absolute atomic E-state index is 0.308. The van der Waals surface area contributed by atoms with Crippen molar-refractivity contribution in [3.63, 3.8) is 0 Å². The molecule has 0 spiro atoms. The monoisotopic (exact) mass is 220 g/mol. The van der Waals surface area contributed by atoms with Gasteiger partial charge in [-0.1, -0.05) is 0 Å². The highest BCUT2D eigenvalue weighted by molar-refractivity contribution is 5.35. The second kappa shape index (κ2) is 5.25. The number of anilines is 1. The second-order valence-corrected chi connectivity index (χ2v) is 3.38. The summed E-state index contributed by atoms with van der Waals surface area (Å²) in [4.78, 5) is 3.90. The van der Waals surface area contributed by atoms with Crippen molar-refractivity contribution in [3.05, 3.63) is 42.6 Å². The molecule has 2 rings (SSSR count). The van der Waals surface area contributed by atoms with Crippen molar-refractivity contribution in [3.8, 4) is 0 Å². The smallest absolute Gasteiger partial charge is 0.165 e. The first kappa shape index (κ1) is 10.6. The molecule has 0 bridgehead atoms. The van der Waals surface area contributed by atoms with E-state index in [0.29, 0.717) is 12.4 Å². The predicted molar refractivity (Wildman–Crippen MR) is 59.5 cm³/mol. The molecule has 0 atom stereocenters. The van der Waals surface area contributed by atoms with E-state index in [2.05, 4.69) is 15.4 Å². The van der Waals surface area contributed by atoms with Gasteiger partial charge in [-0.2, -0.15) is 5.10 Å². The van der Waals surface area contributed by atoms with Crippen molar-refractivity contribution in [2.24, 2.45) is 0 Å². The third kappa shape index (κ3) is 2.79. The van der Waals surface area contributed by atoms with Gasteiger partial charge in [0, 0.05) is 31.7 Å². The summed E-state index contributed by atoms with van der Waals surface area (Å²) in [6.45, 7) is 1.49. The minimum atomic E-state index is -0.318. The Hall–Kier alpha value is -1.91. The lowest BCUT2D eigenvalue weighted by atomic mass is 10.4. The Kier molecular flexibility index (Phi) is 3.48. The molecule has 0 aliphatic heterocycles. The zero-order valence-corrected chi connectivity index (χ0v) is 8.81. The molecule has 0 unspecified atom stereocenters. The Morgan fingerprint density at radius 3 is 3.00 bits per heavy atom. The summed E-state index contributed by atoms with van der Waals surface area (Å²) in [5, 5.41) is 7.03. The van der Waals surface area contributed by atoms with Gasteiger partial charge < -0.3 is 5.32 Å².